The Kier molecular flexibility index (Phi) is 4.29. The van der Waals surface area contributed by atoms with Gasteiger partial charge in [0.15, 0.2) is 0 Å². The first kappa shape index (κ1) is 20.3. The van der Waals surface area contributed by atoms with Crippen LogP contribution >= 0.6 is 0 Å². The molecule has 1 nitrogen and oxygen atoms in total. The van der Waals surface area contributed by atoms with E-state index >= 15 is 0 Å². The minimum absolute atomic E-state index is 1.18. The third-order valence-corrected chi connectivity index (χ3v) is 7.74. The van der Waals surface area contributed by atoms with E-state index < -0.39 is 0 Å². The smallest absolute Gasteiger partial charge is 0.0625 e. The summed E-state index contributed by atoms with van der Waals surface area (Å²) in [6.07, 6.45) is 0. The van der Waals surface area contributed by atoms with Crippen molar-refractivity contribution >= 4 is 54.1 Å². The zero-order chi connectivity index (χ0) is 24.3. The molecule has 0 atom stereocenters. The van der Waals surface area contributed by atoms with Crippen LogP contribution in [0.2, 0.25) is 0 Å². The van der Waals surface area contributed by atoms with Gasteiger partial charge in [-0.3, -0.25) is 0 Å². The molecule has 0 N–H and O–H groups in total. The molecule has 0 radical (unpaired) electrons. The molecule has 0 amide bonds. The van der Waals surface area contributed by atoms with Crippen molar-refractivity contribution in [1.29, 1.82) is 0 Å². The summed E-state index contributed by atoms with van der Waals surface area (Å²) in [5.74, 6) is 0. The Hall–Kier alpha value is -4.88. The molecule has 0 spiro atoms. The molecule has 0 aliphatic heterocycles. The largest absolute Gasteiger partial charge is 0.309 e. The SMILES string of the molecule is c1ccc(-c2cccc(-n3c4ccccc4c4c5ccc6ccccc6c5c5ccccc5c43)c2)cc1. The van der Waals surface area contributed by atoms with Crippen LogP contribution < -0.4 is 0 Å². The van der Waals surface area contributed by atoms with Crippen molar-refractivity contribution in [1.82, 2.24) is 4.57 Å². The quantitative estimate of drug-likeness (QED) is 0.222. The predicted octanol–water partition coefficient (Wildman–Crippen LogP) is 9.91. The van der Waals surface area contributed by atoms with Gasteiger partial charge >= 0.3 is 0 Å². The Morgan fingerprint density at radius 3 is 1.92 bits per heavy atom. The highest BCUT2D eigenvalue weighted by Gasteiger charge is 2.19. The molecule has 37 heavy (non-hydrogen) atoms. The molecule has 0 unspecified atom stereocenters. The Labute approximate surface area is 214 Å². The van der Waals surface area contributed by atoms with Crippen LogP contribution in [0.4, 0.5) is 0 Å². The van der Waals surface area contributed by atoms with Gasteiger partial charge in [-0.15, -0.1) is 0 Å². The summed E-state index contributed by atoms with van der Waals surface area (Å²) in [6.45, 7) is 0. The van der Waals surface area contributed by atoms with Crippen molar-refractivity contribution in [2.24, 2.45) is 0 Å². The molecule has 8 aromatic rings. The molecule has 0 saturated heterocycles. The highest BCUT2D eigenvalue weighted by atomic mass is 15.0. The fraction of sp³-hybridized carbons (Fsp3) is 0. The molecule has 7 aromatic carbocycles. The average Bonchev–Trinajstić information content (AvgIpc) is 3.33. The predicted molar refractivity (Wildman–Crippen MR) is 159 cm³/mol. The van der Waals surface area contributed by atoms with Gasteiger partial charge in [0.2, 0.25) is 0 Å². The summed E-state index contributed by atoms with van der Waals surface area (Å²) in [5, 5.41) is 10.4. The number of nitrogens with zero attached hydrogens (tertiary/aromatic N) is 1. The molecule has 172 valence electrons. The lowest BCUT2D eigenvalue weighted by atomic mass is 9.93. The summed E-state index contributed by atoms with van der Waals surface area (Å²) in [7, 11) is 0. The van der Waals surface area contributed by atoms with Crippen LogP contribution in [0.15, 0.2) is 140 Å². The lowest BCUT2D eigenvalue weighted by Gasteiger charge is -2.14. The molecule has 1 heteroatoms. The first-order valence-electron chi connectivity index (χ1n) is 12.8. The monoisotopic (exact) mass is 469 g/mol. The molecule has 1 heterocycles. The lowest BCUT2D eigenvalue weighted by Crippen LogP contribution is -1.95. The van der Waals surface area contributed by atoms with Crippen LogP contribution in [-0.2, 0) is 0 Å². The van der Waals surface area contributed by atoms with Gasteiger partial charge in [0.05, 0.1) is 11.0 Å². The van der Waals surface area contributed by atoms with Crippen molar-refractivity contribution in [3.8, 4) is 16.8 Å². The maximum atomic E-state index is 2.47. The lowest BCUT2D eigenvalue weighted by molar-refractivity contribution is 1.19. The van der Waals surface area contributed by atoms with E-state index in [0.717, 1.165) is 0 Å². The van der Waals surface area contributed by atoms with Crippen LogP contribution in [0, 0.1) is 0 Å². The van der Waals surface area contributed by atoms with E-state index in [0.29, 0.717) is 0 Å². The van der Waals surface area contributed by atoms with E-state index in [2.05, 4.69) is 144 Å². The first-order valence-corrected chi connectivity index (χ1v) is 12.8. The first-order chi connectivity index (χ1) is 18.4. The summed E-state index contributed by atoms with van der Waals surface area (Å²) in [4.78, 5) is 0. The molecule has 0 saturated carbocycles. The van der Waals surface area contributed by atoms with Gasteiger partial charge in [-0.1, -0.05) is 121 Å². The van der Waals surface area contributed by atoms with Gasteiger partial charge in [-0.25, -0.2) is 0 Å². The summed E-state index contributed by atoms with van der Waals surface area (Å²) >= 11 is 0. The Morgan fingerprint density at radius 1 is 0.378 bits per heavy atom. The van der Waals surface area contributed by atoms with E-state index in [-0.39, 0.29) is 0 Å². The van der Waals surface area contributed by atoms with Gasteiger partial charge in [-0.05, 0) is 56.3 Å². The molecule has 0 aliphatic carbocycles. The van der Waals surface area contributed by atoms with Crippen LogP contribution in [0.1, 0.15) is 0 Å². The number of hydrogen-bond donors (Lipinski definition) is 0. The maximum Gasteiger partial charge on any atom is 0.0625 e. The molecule has 0 aliphatic rings. The Bertz CT molecular complexity index is 2130. The maximum absolute atomic E-state index is 2.47. The number of hydrogen-bond acceptors (Lipinski definition) is 0. The van der Waals surface area contributed by atoms with E-state index in [1.807, 2.05) is 0 Å². The molecule has 0 fully saturated rings. The zero-order valence-corrected chi connectivity index (χ0v) is 20.2. The molecule has 8 rings (SSSR count). The second-order valence-electron chi connectivity index (χ2n) is 9.75. The standard InChI is InChI=1S/C36H23N/c1-2-11-24(12-3-1)26-14-10-15-27(23-26)37-33-20-9-8-19-31(33)35-32-22-21-25-13-4-5-16-28(25)34(32)29-17-6-7-18-30(29)36(35)37/h1-23H. The third-order valence-electron chi connectivity index (χ3n) is 7.74. The third kappa shape index (κ3) is 2.92. The fourth-order valence-corrected chi connectivity index (χ4v) is 6.17. The molecular formula is C36H23N. The second kappa shape index (κ2) is 7.81. The molecular weight excluding hydrogens is 446 g/mol. The highest BCUT2D eigenvalue weighted by molar-refractivity contribution is 6.36. The number of rotatable bonds is 2. The van der Waals surface area contributed by atoms with E-state index in [1.54, 1.807) is 0 Å². The van der Waals surface area contributed by atoms with Crippen LogP contribution in [-0.4, -0.2) is 4.57 Å². The minimum Gasteiger partial charge on any atom is -0.309 e. The summed E-state index contributed by atoms with van der Waals surface area (Å²) in [6, 6.07) is 50.7. The molecule has 0 bridgehead atoms. The van der Waals surface area contributed by atoms with Gasteiger partial charge in [0.1, 0.15) is 0 Å². The zero-order valence-electron chi connectivity index (χ0n) is 20.2. The van der Waals surface area contributed by atoms with Crippen molar-refractivity contribution in [2.75, 3.05) is 0 Å². The topological polar surface area (TPSA) is 4.93 Å². The number of fused-ring (bicyclic) bond motifs is 10. The van der Waals surface area contributed by atoms with Gasteiger partial charge < -0.3 is 4.57 Å². The van der Waals surface area contributed by atoms with Crippen LogP contribution in [0.3, 0.4) is 0 Å². The average molecular weight is 470 g/mol. The van der Waals surface area contributed by atoms with Crippen LogP contribution in [0.5, 0.6) is 0 Å². The minimum atomic E-state index is 1.18. The molecule has 1 aromatic heterocycles. The number of aromatic nitrogens is 1. The number of para-hydroxylation sites is 1. The van der Waals surface area contributed by atoms with Crippen molar-refractivity contribution in [3.63, 3.8) is 0 Å². The van der Waals surface area contributed by atoms with E-state index in [4.69, 9.17) is 0 Å². The van der Waals surface area contributed by atoms with Crippen molar-refractivity contribution < 1.29 is 0 Å². The van der Waals surface area contributed by atoms with Crippen LogP contribution in [0.25, 0.3) is 70.9 Å². The van der Waals surface area contributed by atoms with Gasteiger partial charge in [0.25, 0.3) is 0 Å². The Morgan fingerprint density at radius 2 is 1.05 bits per heavy atom. The normalized spacial score (nSPS) is 11.8. The summed E-state index contributed by atoms with van der Waals surface area (Å²) in [5.41, 5.74) is 6.13. The van der Waals surface area contributed by atoms with Gasteiger partial charge in [-0.2, -0.15) is 0 Å². The van der Waals surface area contributed by atoms with Gasteiger partial charge in [0, 0.05) is 21.8 Å². The summed E-state index contributed by atoms with van der Waals surface area (Å²) < 4.78 is 2.47. The fourth-order valence-electron chi connectivity index (χ4n) is 6.17. The highest BCUT2D eigenvalue weighted by Crippen LogP contribution is 2.44. The Balaban J connectivity index is 1.60. The van der Waals surface area contributed by atoms with Crippen molar-refractivity contribution in [2.45, 2.75) is 0 Å². The van der Waals surface area contributed by atoms with E-state index in [1.165, 1.54) is 70.9 Å². The number of benzene rings is 7. The van der Waals surface area contributed by atoms with Crippen molar-refractivity contribution in [3.05, 3.63) is 140 Å². The second-order valence-corrected chi connectivity index (χ2v) is 9.75. The van der Waals surface area contributed by atoms with E-state index in [9.17, 15) is 0 Å².